The second-order valence-corrected chi connectivity index (χ2v) is 41.2. The van der Waals surface area contributed by atoms with E-state index in [2.05, 4.69) is 81.9 Å². The van der Waals surface area contributed by atoms with Crippen LogP contribution >= 0.6 is 58.3 Å². The fourth-order valence-corrected chi connectivity index (χ4v) is 16.8. The number of carbonyl (C=O) groups excluding carboxylic acids is 10. The Balaban J connectivity index is 0.00000198. The van der Waals surface area contributed by atoms with Gasteiger partial charge < -0.3 is 57.8 Å². The number of methoxy groups -OCH3 is 6. The van der Waals surface area contributed by atoms with E-state index in [1.54, 1.807) is 36.0 Å². The van der Waals surface area contributed by atoms with E-state index in [0.717, 1.165) is 64.2 Å². The Bertz CT molecular complexity index is 2690. The van der Waals surface area contributed by atoms with Crippen LogP contribution in [0.2, 0.25) is 0 Å². The Morgan fingerprint density at radius 2 is 0.570 bits per heavy atom. The summed E-state index contributed by atoms with van der Waals surface area (Å²) in [7, 11) is 7.78. The zero-order valence-electron chi connectivity index (χ0n) is 72.7. The number of unbranched alkanes of at least 4 members (excludes halogenated alkanes) is 10. The van der Waals surface area contributed by atoms with E-state index in [-0.39, 0.29) is 90.1 Å². The average Bonchev–Trinajstić information content (AvgIpc) is 0.741. The predicted octanol–water partition coefficient (Wildman–Crippen LogP) is 15.5. The van der Waals surface area contributed by atoms with Crippen molar-refractivity contribution in [3.8, 4) is 0 Å². The molecule has 0 aliphatic carbocycles. The Kier molecular flexibility index (Phi) is 52.0. The molecule has 675 valence electrons. The van der Waals surface area contributed by atoms with Gasteiger partial charge in [0, 0.05) is 110 Å². The van der Waals surface area contributed by atoms with Gasteiger partial charge in [0.25, 0.3) is 0 Å². The number of hydrogen-bond donors (Lipinski definition) is 1. The van der Waals surface area contributed by atoms with Crippen molar-refractivity contribution in [3.63, 3.8) is 0 Å². The summed E-state index contributed by atoms with van der Waals surface area (Å²) in [6.07, 6.45) is 14.3. The number of piperidine rings is 4. The normalized spacial score (nSPS) is 20.7. The summed E-state index contributed by atoms with van der Waals surface area (Å²) in [5.74, 6) is -5.01. The molecule has 0 aromatic carbocycles. The number of esters is 10. The minimum absolute atomic E-state index is 0.0903. The predicted molar refractivity (Wildman–Crippen MR) is 438 cm³/mol. The van der Waals surface area contributed by atoms with Crippen LogP contribution in [0, 0.1) is 17.8 Å². The van der Waals surface area contributed by atoms with Gasteiger partial charge in [-0.3, -0.25) is 48.0 Å². The number of nitrogens with zero attached hydrogens (tertiary/aromatic N) is 4. The van der Waals surface area contributed by atoms with E-state index >= 15 is 0 Å². The van der Waals surface area contributed by atoms with Gasteiger partial charge in [-0.2, -0.15) is 15.2 Å². The van der Waals surface area contributed by atoms with Gasteiger partial charge in [-0.15, -0.1) is 0 Å². The summed E-state index contributed by atoms with van der Waals surface area (Å²) < 4.78 is 52.0. The van der Waals surface area contributed by atoms with E-state index in [0.29, 0.717) is 96.3 Å². The Labute approximate surface area is 724 Å². The Morgan fingerprint density at radius 1 is 0.368 bits per heavy atom. The van der Waals surface area contributed by atoms with E-state index in [4.69, 9.17) is 52.8 Å². The average molecular weight is 1990 g/mol. The summed E-state index contributed by atoms with van der Waals surface area (Å²) in [5.41, 5.74) is -3.91. The van der Waals surface area contributed by atoms with Crippen molar-refractivity contribution in [2.45, 2.75) is 391 Å². The van der Waals surface area contributed by atoms with Gasteiger partial charge in [-0.05, 0) is 156 Å². The van der Waals surface area contributed by atoms with Crippen molar-refractivity contribution in [2.24, 2.45) is 17.8 Å². The standard InChI is InChI=1S/C44H76N2O14.C28H52N2O6.C8H13BrO4.3BrH.2Cu/c1-29(37(49)53-11)23-33(39(51)55-13)59-45-41(3,4)25-31(26-42(45,5)6)57-35(47)21-19-17-15-16-18-20-22-36(48)58-32-27-43(7,8)46(44(9,10)28-32)60-34(40(52)56-14)24-30(2)38(50)54-12;1-25(2)17-21(18-26(3,4)29(25)33)35-23(31)15-13-11-9-10-12-14-16-24(32)36-22-19-27(5,6)30(34)28(7,8)20-22;1-5(7(10)12-2)4-6(9)8(11)13-3;;;;;/h29-34H,15-28H2,1-14H3;21-22,33-34H,9-20H2,1-8H3;5-6H,4H2,1-3H3;3*1H;;/q;;;;;;+1;+2/p-2. The third-order valence-corrected chi connectivity index (χ3v) is 21.7. The van der Waals surface area contributed by atoms with Crippen LogP contribution in [0.15, 0.2) is 0 Å². The van der Waals surface area contributed by atoms with Crippen LogP contribution in [0.4, 0.5) is 0 Å². The third-order valence-electron chi connectivity index (χ3n) is 20.9. The molecule has 0 aromatic heterocycles. The molecule has 6 unspecified atom stereocenters. The van der Waals surface area contributed by atoms with Gasteiger partial charge in [0.1, 0.15) is 29.2 Å². The summed E-state index contributed by atoms with van der Waals surface area (Å²) >= 11 is 17.0. The first-order valence-electron chi connectivity index (χ1n) is 39.5. The van der Waals surface area contributed by atoms with Gasteiger partial charge in [-0.25, -0.2) is 9.59 Å². The van der Waals surface area contributed by atoms with Crippen LogP contribution in [0.3, 0.4) is 0 Å². The summed E-state index contributed by atoms with van der Waals surface area (Å²) in [4.78, 5) is 134. The van der Waals surface area contributed by atoms with E-state index in [9.17, 15) is 53.2 Å². The SMILES string of the molecule is CC1(C)CC(OC(=O)CCCCCCCCC(=O)OC2CC(C)(C)N([OH2+])C(C)(C)C2)CC(C)(C)N1O.COC(=O)C(C)CC(Br)C(=O)OC.COC(=O)C(C)CC(ON1C(C)(C)CC(OC(=O)CCCCCCCCC(=O)OC2CC(C)(C)N(OC(CC(C)C(=O)OC)C(=O)OC)C(C)(C)C2)CC1(C)C)C(=O)OC.[Br][Cu][Br].[Cu][Br]. The Hall–Kier alpha value is -2.66. The third kappa shape index (κ3) is 39.9. The molecule has 114 heavy (non-hydrogen) atoms. The maximum atomic E-state index is 12.9. The van der Waals surface area contributed by atoms with E-state index < -0.39 is 86.0 Å². The number of hydrogen-bond acceptors (Lipinski definition) is 27. The number of rotatable bonds is 38. The van der Waals surface area contributed by atoms with Crippen LogP contribution in [0.25, 0.3) is 0 Å². The van der Waals surface area contributed by atoms with Crippen molar-refractivity contribution in [3.05, 3.63) is 0 Å². The first kappa shape index (κ1) is 111. The molecule has 0 radical (unpaired) electrons. The minimum atomic E-state index is -1.01. The molecule has 0 aromatic rings. The first-order valence-corrected chi connectivity index (χ1v) is 47.4. The summed E-state index contributed by atoms with van der Waals surface area (Å²) in [5, 5.41) is 25.3. The number of ether oxygens (including phenoxy) is 10. The van der Waals surface area contributed by atoms with Crippen molar-refractivity contribution >= 4 is 118 Å². The van der Waals surface area contributed by atoms with Gasteiger partial charge in [0.05, 0.1) is 71.5 Å². The molecule has 4 rings (SSSR count). The van der Waals surface area contributed by atoms with Crippen LogP contribution in [-0.2, 0) is 131 Å². The first-order chi connectivity index (χ1) is 52.7. The van der Waals surface area contributed by atoms with Crippen molar-refractivity contribution in [1.29, 1.82) is 0 Å². The molecule has 0 bridgehead atoms. The molecule has 0 saturated carbocycles. The molecule has 34 heteroatoms. The summed E-state index contributed by atoms with van der Waals surface area (Å²) in [6.45, 7) is 36.8. The molecule has 6 atom stereocenters. The van der Waals surface area contributed by atoms with Gasteiger partial charge >= 0.3 is 128 Å². The summed E-state index contributed by atoms with van der Waals surface area (Å²) in [6, 6.07) is 0. The Morgan fingerprint density at radius 3 is 0.798 bits per heavy atom. The van der Waals surface area contributed by atoms with Crippen LogP contribution < -0.4 is 0 Å². The number of halogens is 4. The molecule has 4 fully saturated rings. The fraction of sp³-hybridized carbons (Fsp3) is 0.875. The zero-order valence-corrected chi connectivity index (χ0v) is 80.9. The van der Waals surface area contributed by atoms with Crippen LogP contribution in [-0.4, -0.2) is 219 Å². The van der Waals surface area contributed by atoms with Gasteiger partial charge in [0.2, 0.25) is 0 Å². The molecule has 4 heterocycles. The molecular weight excluding hydrogens is 1850 g/mol. The second-order valence-electron chi connectivity index (χ2n) is 35.3. The van der Waals surface area contributed by atoms with E-state index in [1.807, 2.05) is 111 Å². The van der Waals surface area contributed by atoms with Crippen molar-refractivity contribution in [2.75, 3.05) is 42.7 Å². The van der Waals surface area contributed by atoms with E-state index in [1.165, 1.54) is 59.1 Å². The van der Waals surface area contributed by atoms with Gasteiger partial charge in [0.15, 0.2) is 12.2 Å². The maximum absolute atomic E-state index is 12.9. The van der Waals surface area contributed by atoms with Crippen LogP contribution in [0.5, 0.6) is 0 Å². The quantitative estimate of drug-likeness (QED) is 0.0150. The number of carbonyl (C=O) groups is 10. The molecule has 28 nitrogen and oxygen atoms in total. The van der Waals surface area contributed by atoms with Crippen molar-refractivity contribution in [1.82, 2.24) is 20.3 Å². The molecule has 3 N–H and O–H groups in total. The topological polar surface area (TPSA) is 338 Å². The monoisotopic (exact) mass is 1980 g/mol. The molecule has 4 aliphatic heterocycles. The van der Waals surface area contributed by atoms with Gasteiger partial charge in [-0.1, -0.05) is 93.1 Å². The fourth-order valence-electron chi connectivity index (χ4n) is 16.0. The zero-order chi connectivity index (χ0) is 88.1. The van der Waals surface area contributed by atoms with Crippen molar-refractivity contribution < 1.29 is 141 Å². The number of alkyl halides is 1. The second kappa shape index (κ2) is 53.3. The molecule has 0 spiro atoms. The molecule has 4 aliphatic rings. The number of hydroxylamine groups is 8. The molecular formula is C80H142Br4Cu2N4O24+. The molecule has 0 amide bonds. The van der Waals surface area contributed by atoms with Crippen LogP contribution in [0.1, 0.15) is 305 Å². The molecule has 4 saturated heterocycles.